The number of aliphatic hydroxyl groups is 3. The molecule has 0 spiro atoms. The van der Waals surface area contributed by atoms with Crippen LogP contribution in [0.1, 0.15) is 51.4 Å². The van der Waals surface area contributed by atoms with E-state index in [9.17, 15) is 15.0 Å². The fourth-order valence-corrected chi connectivity index (χ4v) is 2.05. The number of aliphatic carboxylic acids is 1. The summed E-state index contributed by atoms with van der Waals surface area (Å²) in [6.45, 7) is 0.250. The maximum Gasteiger partial charge on any atom is 0.303 e. The highest BCUT2D eigenvalue weighted by atomic mass is 16.4. The van der Waals surface area contributed by atoms with Crippen LogP contribution in [0.5, 0.6) is 0 Å². The van der Waals surface area contributed by atoms with Crippen molar-refractivity contribution in [3.8, 4) is 0 Å². The fraction of sp³-hybridized carbons (Fsp3) is 0.550. The van der Waals surface area contributed by atoms with E-state index >= 15 is 0 Å². The van der Waals surface area contributed by atoms with E-state index in [1.165, 1.54) is 0 Å². The van der Waals surface area contributed by atoms with Crippen LogP contribution in [0.25, 0.3) is 0 Å². The first-order valence-electron chi connectivity index (χ1n) is 8.91. The van der Waals surface area contributed by atoms with E-state index in [-0.39, 0.29) is 13.0 Å². The second kappa shape index (κ2) is 17.1. The van der Waals surface area contributed by atoms with E-state index in [0.29, 0.717) is 19.3 Å². The standard InChI is InChI=1S/C20H32O5/c21-17-10-6-2-1-3-7-12-18(22)13-8-4-5-9-14-19(23)15-11-16-20(24)25/h3-5,7-9,13-14,18-19,21-23H,1-2,6,10-12,15-17H2,(H,24,25)/b5-4+,7-3+,13-8+,14-9+. The number of carboxylic acids is 1. The van der Waals surface area contributed by atoms with Gasteiger partial charge in [-0.2, -0.15) is 0 Å². The summed E-state index contributed by atoms with van der Waals surface area (Å²) in [7, 11) is 0. The quantitative estimate of drug-likeness (QED) is 0.206. The molecule has 5 nitrogen and oxygen atoms in total. The van der Waals surface area contributed by atoms with Gasteiger partial charge in [0.1, 0.15) is 0 Å². The summed E-state index contributed by atoms with van der Waals surface area (Å²) >= 11 is 0. The smallest absolute Gasteiger partial charge is 0.303 e. The van der Waals surface area contributed by atoms with E-state index in [2.05, 4.69) is 6.08 Å². The Morgan fingerprint density at radius 3 is 2.16 bits per heavy atom. The van der Waals surface area contributed by atoms with Crippen molar-refractivity contribution >= 4 is 5.97 Å². The van der Waals surface area contributed by atoms with Crippen LogP contribution >= 0.6 is 0 Å². The Hall–Kier alpha value is -1.69. The van der Waals surface area contributed by atoms with Gasteiger partial charge < -0.3 is 20.4 Å². The molecule has 0 aromatic carbocycles. The Morgan fingerprint density at radius 2 is 1.52 bits per heavy atom. The molecule has 5 heteroatoms. The fourth-order valence-electron chi connectivity index (χ4n) is 2.05. The van der Waals surface area contributed by atoms with Gasteiger partial charge in [-0.15, -0.1) is 0 Å². The largest absolute Gasteiger partial charge is 0.481 e. The molecule has 0 aliphatic heterocycles. The molecule has 0 saturated carbocycles. The van der Waals surface area contributed by atoms with Gasteiger partial charge >= 0.3 is 5.97 Å². The molecule has 0 saturated heterocycles. The maximum absolute atomic E-state index is 10.4. The average molecular weight is 352 g/mol. The number of allylic oxidation sites excluding steroid dienone is 5. The van der Waals surface area contributed by atoms with Crippen LogP contribution in [-0.4, -0.2) is 45.2 Å². The number of aliphatic hydroxyl groups excluding tert-OH is 3. The molecule has 0 aromatic rings. The first-order valence-corrected chi connectivity index (χ1v) is 8.91. The second-order valence-corrected chi connectivity index (χ2v) is 5.86. The summed E-state index contributed by atoms with van der Waals surface area (Å²) in [6, 6.07) is 0. The zero-order valence-corrected chi connectivity index (χ0v) is 14.8. The molecular weight excluding hydrogens is 320 g/mol. The van der Waals surface area contributed by atoms with Crippen molar-refractivity contribution in [2.45, 2.75) is 63.6 Å². The second-order valence-electron chi connectivity index (χ2n) is 5.86. The topological polar surface area (TPSA) is 98.0 Å². The van der Waals surface area contributed by atoms with Crippen molar-refractivity contribution in [3.63, 3.8) is 0 Å². The number of hydrogen-bond acceptors (Lipinski definition) is 4. The molecule has 0 aliphatic rings. The summed E-state index contributed by atoms with van der Waals surface area (Å²) in [5, 5.41) is 36.5. The van der Waals surface area contributed by atoms with Crippen LogP contribution in [0, 0.1) is 0 Å². The number of unbranched alkanes of at least 4 members (excludes halogenated alkanes) is 3. The Kier molecular flexibility index (Phi) is 16.0. The predicted molar refractivity (Wildman–Crippen MR) is 100 cm³/mol. The minimum Gasteiger partial charge on any atom is -0.481 e. The van der Waals surface area contributed by atoms with Gasteiger partial charge in [-0.3, -0.25) is 4.79 Å². The molecule has 0 heterocycles. The zero-order chi connectivity index (χ0) is 18.8. The molecule has 2 atom stereocenters. The van der Waals surface area contributed by atoms with E-state index in [0.717, 1.165) is 25.7 Å². The Bertz CT molecular complexity index is 437. The maximum atomic E-state index is 10.4. The Morgan fingerprint density at radius 1 is 0.840 bits per heavy atom. The van der Waals surface area contributed by atoms with Crippen molar-refractivity contribution in [2.75, 3.05) is 6.61 Å². The SMILES string of the molecule is O=C(O)CCCC(O)/C=C/C=C/C=C/C(O)C/C=C/CCCCCO. The molecule has 4 N–H and O–H groups in total. The van der Waals surface area contributed by atoms with Crippen molar-refractivity contribution in [1.29, 1.82) is 0 Å². The van der Waals surface area contributed by atoms with Gasteiger partial charge in [0, 0.05) is 13.0 Å². The van der Waals surface area contributed by atoms with Gasteiger partial charge in [0.2, 0.25) is 0 Å². The molecule has 2 unspecified atom stereocenters. The van der Waals surface area contributed by atoms with Crippen LogP contribution in [-0.2, 0) is 4.79 Å². The normalized spacial score (nSPS) is 15.0. The molecule has 0 aromatic heterocycles. The summed E-state index contributed by atoms with van der Waals surface area (Å²) < 4.78 is 0. The van der Waals surface area contributed by atoms with Crippen LogP contribution in [0.4, 0.5) is 0 Å². The number of carbonyl (C=O) groups is 1. The third-order valence-electron chi connectivity index (χ3n) is 3.46. The van der Waals surface area contributed by atoms with Gasteiger partial charge in [-0.1, -0.05) is 55.0 Å². The Labute approximate surface area is 150 Å². The summed E-state index contributed by atoms with van der Waals surface area (Å²) in [6.07, 6.45) is 18.5. The molecule has 0 amide bonds. The number of rotatable bonds is 15. The van der Waals surface area contributed by atoms with Crippen LogP contribution in [0.15, 0.2) is 48.6 Å². The summed E-state index contributed by atoms with van der Waals surface area (Å²) in [5.41, 5.74) is 0. The minimum absolute atomic E-state index is 0.0679. The molecule has 25 heavy (non-hydrogen) atoms. The molecule has 0 radical (unpaired) electrons. The van der Waals surface area contributed by atoms with Gasteiger partial charge in [-0.25, -0.2) is 0 Å². The highest BCUT2D eigenvalue weighted by molar-refractivity contribution is 5.66. The third kappa shape index (κ3) is 18.5. The van der Waals surface area contributed by atoms with Gasteiger partial charge in [0.15, 0.2) is 0 Å². The highest BCUT2D eigenvalue weighted by Crippen LogP contribution is 2.03. The molecule has 142 valence electrons. The minimum atomic E-state index is -0.851. The first kappa shape index (κ1) is 23.3. The molecule has 0 fully saturated rings. The average Bonchev–Trinajstić information content (AvgIpc) is 2.56. The molecule has 0 rings (SSSR count). The van der Waals surface area contributed by atoms with Gasteiger partial charge in [0.05, 0.1) is 12.2 Å². The lowest BCUT2D eigenvalue weighted by molar-refractivity contribution is -0.137. The number of carboxylic acid groups (broad SMARTS) is 1. The van der Waals surface area contributed by atoms with Crippen LogP contribution in [0.3, 0.4) is 0 Å². The first-order chi connectivity index (χ1) is 12.1. The van der Waals surface area contributed by atoms with Gasteiger partial charge in [-0.05, 0) is 38.5 Å². The monoisotopic (exact) mass is 352 g/mol. The molecular formula is C20H32O5. The van der Waals surface area contributed by atoms with Crippen molar-refractivity contribution in [1.82, 2.24) is 0 Å². The lowest BCUT2D eigenvalue weighted by atomic mass is 10.1. The lowest BCUT2D eigenvalue weighted by Crippen LogP contribution is -2.03. The zero-order valence-electron chi connectivity index (χ0n) is 14.8. The molecule has 0 aliphatic carbocycles. The van der Waals surface area contributed by atoms with E-state index in [1.54, 1.807) is 36.5 Å². The van der Waals surface area contributed by atoms with E-state index < -0.39 is 18.2 Å². The summed E-state index contributed by atoms with van der Waals surface area (Å²) in [4.78, 5) is 10.4. The highest BCUT2D eigenvalue weighted by Gasteiger charge is 2.01. The van der Waals surface area contributed by atoms with Crippen molar-refractivity contribution in [2.24, 2.45) is 0 Å². The van der Waals surface area contributed by atoms with Crippen molar-refractivity contribution in [3.05, 3.63) is 48.6 Å². The molecule has 0 bridgehead atoms. The summed E-state index contributed by atoms with van der Waals surface area (Å²) in [5.74, 6) is -0.851. The van der Waals surface area contributed by atoms with E-state index in [4.69, 9.17) is 10.2 Å². The van der Waals surface area contributed by atoms with Crippen LogP contribution in [0.2, 0.25) is 0 Å². The van der Waals surface area contributed by atoms with E-state index in [1.807, 2.05) is 6.08 Å². The lowest BCUT2D eigenvalue weighted by Gasteiger charge is -2.02. The van der Waals surface area contributed by atoms with Gasteiger partial charge in [0.25, 0.3) is 0 Å². The number of hydrogen-bond donors (Lipinski definition) is 4. The van der Waals surface area contributed by atoms with Crippen molar-refractivity contribution < 1.29 is 25.2 Å². The Balaban J connectivity index is 3.79. The third-order valence-corrected chi connectivity index (χ3v) is 3.46. The predicted octanol–water partition coefficient (Wildman–Crippen LogP) is 3.13. The van der Waals surface area contributed by atoms with Crippen LogP contribution < -0.4 is 0 Å².